The van der Waals surface area contributed by atoms with Gasteiger partial charge in [0.05, 0.1) is 23.9 Å². The molecule has 8 heteroatoms. The van der Waals surface area contributed by atoms with Crippen LogP contribution in [0.2, 0.25) is 0 Å². The number of nitrogens with zero attached hydrogens (tertiary/aromatic N) is 4. The standard InChI is InChI=1S/C29H32N4O4/c1-32(16-19-14-30-9-10-31-19)25(35)20-13-27-6-7-29(20,36)26-28(27)8-11-33(15-17-2-3-17)22(27)12-18-4-5-21(34)24(37-26)23(18)28/h4-5,9-10,13-14,17,22,26,34,36H,2-3,6-8,11-12,15-16H2,1H3/t22-,26-,27-,28+,29-/m1/s1. The Hall–Kier alpha value is -2.97. The highest BCUT2D eigenvalue weighted by Crippen LogP contribution is 2.74. The van der Waals surface area contributed by atoms with Gasteiger partial charge in [-0.05, 0) is 62.6 Å². The molecule has 9 rings (SSSR count). The van der Waals surface area contributed by atoms with Crippen LogP contribution in [0.5, 0.6) is 11.5 Å². The van der Waals surface area contributed by atoms with Crippen molar-refractivity contribution in [2.45, 2.75) is 68.2 Å². The SMILES string of the molecule is CN(Cc1cnccn1)C(=O)C1=C[C@@]23CC[C@]1(O)[C@@H]1Oc4c(O)ccc5c4[C@@]12CCN(CC1CC1)[C@@H]3C5. The molecule has 4 bridgehead atoms. The number of likely N-dealkylation sites (N-methyl/N-ethyl adjacent to an activating group) is 1. The lowest BCUT2D eigenvalue weighted by molar-refractivity contribution is -0.188. The highest BCUT2D eigenvalue weighted by Gasteiger charge is 2.78. The van der Waals surface area contributed by atoms with Crippen LogP contribution in [0.3, 0.4) is 0 Å². The lowest BCUT2D eigenvalue weighted by Crippen LogP contribution is -2.78. The first-order valence-corrected chi connectivity index (χ1v) is 13.6. The first kappa shape index (κ1) is 22.1. The zero-order valence-corrected chi connectivity index (χ0v) is 21.1. The van der Waals surface area contributed by atoms with Gasteiger partial charge in [0.2, 0.25) is 0 Å². The molecule has 2 spiro atoms. The number of phenolic OH excluding ortho intramolecular Hbond substituents is 1. The minimum absolute atomic E-state index is 0.132. The van der Waals surface area contributed by atoms with E-state index in [4.69, 9.17) is 4.74 Å². The molecule has 192 valence electrons. The molecule has 0 radical (unpaired) electrons. The fourth-order valence-corrected chi connectivity index (χ4v) is 8.73. The number of aromatic hydroxyl groups is 1. The fourth-order valence-electron chi connectivity index (χ4n) is 8.73. The van der Waals surface area contributed by atoms with Crippen molar-refractivity contribution in [2.75, 3.05) is 20.1 Å². The van der Waals surface area contributed by atoms with Crippen LogP contribution in [0.4, 0.5) is 0 Å². The molecule has 5 atom stereocenters. The number of amides is 1. The quantitative estimate of drug-likeness (QED) is 0.650. The second kappa shape index (κ2) is 7.11. The second-order valence-corrected chi connectivity index (χ2v) is 12.2. The van der Waals surface area contributed by atoms with Gasteiger partial charge in [-0.25, -0.2) is 0 Å². The Labute approximate surface area is 216 Å². The van der Waals surface area contributed by atoms with Gasteiger partial charge in [0.15, 0.2) is 11.5 Å². The molecule has 1 amide bonds. The second-order valence-electron chi connectivity index (χ2n) is 12.2. The van der Waals surface area contributed by atoms with E-state index in [0.717, 1.165) is 43.8 Å². The number of likely N-dealkylation sites (tertiary alicyclic amines) is 1. The molecule has 8 nitrogen and oxygen atoms in total. The molecule has 3 heterocycles. The largest absolute Gasteiger partial charge is 0.504 e. The van der Waals surface area contributed by atoms with Crippen LogP contribution in [0.25, 0.3) is 0 Å². The van der Waals surface area contributed by atoms with Crippen LogP contribution < -0.4 is 4.74 Å². The van der Waals surface area contributed by atoms with E-state index in [1.165, 1.54) is 18.4 Å². The Bertz CT molecular complexity index is 1360. The third-order valence-electron chi connectivity index (χ3n) is 10.4. The molecule has 2 saturated carbocycles. The Kier molecular flexibility index (Phi) is 4.24. The highest BCUT2D eigenvalue weighted by atomic mass is 16.5. The molecule has 5 aliphatic carbocycles. The summed E-state index contributed by atoms with van der Waals surface area (Å²) in [6.07, 6.45) is 12.1. The van der Waals surface area contributed by atoms with E-state index in [1.54, 1.807) is 36.6 Å². The van der Waals surface area contributed by atoms with Crippen molar-refractivity contribution in [3.63, 3.8) is 0 Å². The maximum atomic E-state index is 14.0. The minimum atomic E-state index is -1.42. The number of phenols is 1. The fraction of sp³-hybridized carbons (Fsp3) is 0.552. The van der Waals surface area contributed by atoms with E-state index in [-0.39, 0.29) is 23.1 Å². The normalized spacial score (nSPS) is 36.5. The number of aliphatic hydroxyl groups is 1. The van der Waals surface area contributed by atoms with E-state index in [2.05, 4.69) is 27.0 Å². The van der Waals surface area contributed by atoms with Crippen molar-refractivity contribution in [1.82, 2.24) is 19.8 Å². The molecule has 2 aliphatic heterocycles. The molecule has 1 aromatic heterocycles. The number of carbonyl (C=O) groups excluding carboxylic acids is 1. The molecular formula is C29H32N4O4. The maximum absolute atomic E-state index is 14.0. The van der Waals surface area contributed by atoms with Gasteiger partial charge in [-0.3, -0.25) is 19.7 Å². The van der Waals surface area contributed by atoms with Gasteiger partial charge in [-0.15, -0.1) is 0 Å². The molecular weight excluding hydrogens is 468 g/mol. The van der Waals surface area contributed by atoms with E-state index < -0.39 is 17.1 Å². The number of benzene rings is 1. The third-order valence-corrected chi connectivity index (χ3v) is 10.4. The van der Waals surface area contributed by atoms with Gasteiger partial charge in [0.1, 0.15) is 11.7 Å². The summed E-state index contributed by atoms with van der Waals surface area (Å²) in [6.45, 7) is 2.37. The van der Waals surface area contributed by atoms with Crippen LogP contribution in [0.15, 0.2) is 42.4 Å². The summed E-state index contributed by atoms with van der Waals surface area (Å²) in [4.78, 5) is 26.8. The zero-order chi connectivity index (χ0) is 25.2. The van der Waals surface area contributed by atoms with Gasteiger partial charge in [-0.1, -0.05) is 12.1 Å². The monoisotopic (exact) mass is 500 g/mol. The third kappa shape index (κ3) is 2.63. The number of hydrogen-bond donors (Lipinski definition) is 2. The van der Waals surface area contributed by atoms with Crippen molar-refractivity contribution < 1.29 is 19.7 Å². The summed E-state index contributed by atoms with van der Waals surface area (Å²) in [5.41, 5.74) is 1.29. The Morgan fingerprint density at radius 3 is 2.89 bits per heavy atom. The number of hydrogen-bond acceptors (Lipinski definition) is 7. The summed E-state index contributed by atoms with van der Waals surface area (Å²) in [7, 11) is 1.76. The van der Waals surface area contributed by atoms with Crippen LogP contribution in [0, 0.1) is 11.3 Å². The smallest absolute Gasteiger partial charge is 0.252 e. The van der Waals surface area contributed by atoms with Crippen LogP contribution in [0.1, 0.15) is 48.9 Å². The molecule has 37 heavy (non-hydrogen) atoms. The average Bonchev–Trinajstić information content (AvgIpc) is 3.64. The minimum Gasteiger partial charge on any atom is -0.504 e. The highest BCUT2D eigenvalue weighted by molar-refractivity contribution is 5.97. The molecule has 1 aromatic carbocycles. The van der Waals surface area contributed by atoms with Crippen molar-refractivity contribution in [3.05, 3.63) is 59.2 Å². The van der Waals surface area contributed by atoms with Crippen molar-refractivity contribution >= 4 is 5.91 Å². The van der Waals surface area contributed by atoms with E-state index >= 15 is 0 Å². The first-order chi connectivity index (χ1) is 17.9. The summed E-state index contributed by atoms with van der Waals surface area (Å²) in [5, 5.41) is 23.3. The first-order valence-electron chi connectivity index (χ1n) is 13.6. The zero-order valence-electron chi connectivity index (χ0n) is 21.1. The number of fused-ring (bicyclic) bond motifs is 1. The topological polar surface area (TPSA) is 99.0 Å². The molecule has 3 fully saturated rings. The Balaban J connectivity index is 1.28. The lowest BCUT2D eigenvalue weighted by Gasteiger charge is -2.70. The van der Waals surface area contributed by atoms with Crippen LogP contribution >= 0.6 is 0 Å². The van der Waals surface area contributed by atoms with E-state index in [9.17, 15) is 15.0 Å². The molecule has 1 saturated heterocycles. The predicted molar refractivity (Wildman–Crippen MR) is 134 cm³/mol. The Morgan fingerprint density at radius 1 is 1.24 bits per heavy atom. The molecule has 2 aromatic rings. The van der Waals surface area contributed by atoms with E-state index in [1.807, 2.05) is 0 Å². The van der Waals surface area contributed by atoms with Gasteiger partial charge < -0.3 is 19.8 Å². The number of aromatic nitrogens is 2. The number of piperidine rings is 1. The molecule has 0 unspecified atom stereocenters. The van der Waals surface area contributed by atoms with Gasteiger partial charge in [0.25, 0.3) is 5.91 Å². The van der Waals surface area contributed by atoms with Crippen molar-refractivity contribution in [1.29, 1.82) is 0 Å². The van der Waals surface area contributed by atoms with Gasteiger partial charge in [-0.2, -0.15) is 0 Å². The van der Waals surface area contributed by atoms with Crippen LogP contribution in [-0.2, 0) is 23.2 Å². The van der Waals surface area contributed by atoms with Crippen LogP contribution in [-0.4, -0.2) is 73.8 Å². The van der Waals surface area contributed by atoms with Crippen molar-refractivity contribution in [3.8, 4) is 11.5 Å². The molecule has 7 aliphatic rings. The predicted octanol–water partition coefficient (Wildman–Crippen LogP) is 2.33. The molecule has 2 N–H and O–H groups in total. The number of rotatable bonds is 5. The number of carbonyl (C=O) groups is 1. The summed E-state index contributed by atoms with van der Waals surface area (Å²) in [5.74, 6) is 1.23. The number of ether oxygens (including phenoxy) is 1. The van der Waals surface area contributed by atoms with Gasteiger partial charge >= 0.3 is 0 Å². The summed E-state index contributed by atoms with van der Waals surface area (Å²) < 4.78 is 6.60. The van der Waals surface area contributed by atoms with Crippen molar-refractivity contribution in [2.24, 2.45) is 11.3 Å². The summed E-state index contributed by atoms with van der Waals surface area (Å²) >= 11 is 0. The average molecular weight is 501 g/mol. The maximum Gasteiger partial charge on any atom is 0.252 e. The van der Waals surface area contributed by atoms with Gasteiger partial charge in [0, 0.05) is 48.6 Å². The summed E-state index contributed by atoms with van der Waals surface area (Å²) in [6, 6.07) is 4.04. The Morgan fingerprint density at radius 2 is 2.11 bits per heavy atom. The lowest BCUT2D eigenvalue weighted by atomic mass is 9.38. The van der Waals surface area contributed by atoms with E-state index in [0.29, 0.717) is 30.0 Å².